The van der Waals surface area contributed by atoms with Gasteiger partial charge in [0.25, 0.3) is 0 Å². The first-order valence-corrected chi connectivity index (χ1v) is 9.21. The molecule has 4 aromatic carbocycles. The summed E-state index contributed by atoms with van der Waals surface area (Å²) in [6, 6.07) is 33.7. The van der Waals surface area contributed by atoms with E-state index in [1.807, 2.05) is 103 Å². The zero-order chi connectivity index (χ0) is 18.9. The van der Waals surface area contributed by atoms with Crippen molar-refractivity contribution in [2.45, 2.75) is 6.17 Å². The molecule has 1 aliphatic rings. The Balaban J connectivity index is 1.70. The van der Waals surface area contributed by atoms with Crippen molar-refractivity contribution in [2.75, 3.05) is 9.96 Å². The molecule has 1 heterocycles. The van der Waals surface area contributed by atoms with Gasteiger partial charge in [-0.05, 0) is 29.1 Å². The number of rotatable bonds is 3. The molecule has 5 rings (SSSR count). The number of fused-ring (bicyclic) bond motifs is 1. The van der Waals surface area contributed by atoms with Gasteiger partial charge in [0.2, 0.25) is 0 Å². The average Bonchev–Trinajstić information content (AvgIpc) is 3.11. The molecule has 1 amide bonds. The minimum atomic E-state index is -0.401. The third-order valence-corrected chi connectivity index (χ3v) is 4.97. The Morgan fingerprint density at radius 1 is 0.679 bits per heavy atom. The smallest absolute Gasteiger partial charge is 0.319 e. The predicted octanol–water partition coefficient (Wildman–Crippen LogP) is 5.92. The van der Waals surface area contributed by atoms with E-state index in [0.29, 0.717) is 0 Å². The molecule has 1 aliphatic heterocycles. The van der Waals surface area contributed by atoms with E-state index in [-0.39, 0.29) is 0 Å². The summed E-state index contributed by atoms with van der Waals surface area (Å²) in [5.41, 5.74) is 2.63. The van der Waals surface area contributed by atoms with Crippen molar-refractivity contribution in [3.05, 3.63) is 109 Å². The summed E-state index contributed by atoms with van der Waals surface area (Å²) in [7, 11) is 0. The number of carbonyl (C=O) groups is 1. The second-order valence-electron chi connectivity index (χ2n) is 6.67. The van der Waals surface area contributed by atoms with Crippen molar-refractivity contribution >= 4 is 28.2 Å². The molecular weight excluding hydrogens is 348 g/mol. The van der Waals surface area contributed by atoms with Gasteiger partial charge in [-0.2, -0.15) is 5.06 Å². The summed E-state index contributed by atoms with van der Waals surface area (Å²) < 4.78 is 0. The third kappa shape index (κ3) is 2.67. The Morgan fingerprint density at radius 3 is 2.11 bits per heavy atom. The van der Waals surface area contributed by atoms with E-state index in [9.17, 15) is 4.79 Å². The van der Waals surface area contributed by atoms with Crippen LogP contribution in [0.15, 0.2) is 103 Å². The van der Waals surface area contributed by atoms with Crippen LogP contribution in [0.4, 0.5) is 16.2 Å². The van der Waals surface area contributed by atoms with Crippen molar-refractivity contribution in [2.24, 2.45) is 0 Å². The maximum absolute atomic E-state index is 13.0. The number of benzene rings is 4. The summed E-state index contributed by atoms with van der Waals surface area (Å²) in [6.45, 7) is 0. The van der Waals surface area contributed by atoms with Crippen LogP contribution in [0.3, 0.4) is 0 Å². The molecule has 0 radical (unpaired) electrons. The normalized spacial score (nSPS) is 16.4. The molecule has 4 nitrogen and oxygen atoms in total. The maximum atomic E-state index is 13.0. The van der Waals surface area contributed by atoms with Gasteiger partial charge in [-0.15, -0.1) is 0 Å². The molecule has 0 N–H and O–H groups in total. The summed E-state index contributed by atoms with van der Waals surface area (Å²) >= 11 is 0. The number of hydroxylamine groups is 1. The number of hydrogen-bond donors (Lipinski definition) is 0. The second kappa shape index (κ2) is 6.74. The Morgan fingerprint density at radius 2 is 1.32 bits per heavy atom. The second-order valence-corrected chi connectivity index (χ2v) is 6.67. The van der Waals surface area contributed by atoms with Gasteiger partial charge in [-0.25, -0.2) is 9.69 Å². The molecule has 1 saturated heterocycles. The summed E-state index contributed by atoms with van der Waals surface area (Å²) in [5, 5.41) is 3.77. The van der Waals surface area contributed by atoms with E-state index in [0.717, 1.165) is 27.7 Å². The summed E-state index contributed by atoms with van der Waals surface area (Å²) in [4.78, 5) is 20.5. The number of hydrogen-bond acceptors (Lipinski definition) is 3. The lowest BCUT2D eigenvalue weighted by atomic mass is 10.1. The monoisotopic (exact) mass is 366 g/mol. The van der Waals surface area contributed by atoms with Crippen molar-refractivity contribution in [1.82, 2.24) is 0 Å². The molecule has 0 spiro atoms. The van der Waals surface area contributed by atoms with Gasteiger partial charge in [-0.1, -0.05) is 84.9 Å². The first-order chi connectivity index (χ1) is 13.8. The van der Waals surface area contributed by atoms with Crippen LogP contribution in [0.25, 0.3) is 10.8 Å². The molecule has 0 unspecified atom stereocenters. The lowest BCUT2D eigenvalue weighted by Gasteiger charge is -2.28. The van der Waals surface area contributed by atoms with Gasteiger partial charge < -0.3 is 4.84 Å². The number of carbonyl (C=O) groups excluding carboxylic acids is 1. The van der Waals surface area contributed by atoms with E-state index in [1.54, 1.807) is 9.96 Å². The SMILES string of the molecule is O=C1ON(c2ccccc2)[C@H](c2ccccc2)N1c1cccc2ccccc12. The van der Waals surface area contributed by atoms with E-state index >= 15 is 0 Å². The fourth-order valence-electron chi connectivity index (χ4n) is 3.71. The van der Waals surface area contributed by atoms with Crippen molar-refractivity contribution in [3.63, 3.8) is 0 Å². The van der Waals surface area contributed by atoms with Gasteiger partial charge in [0.1, 0.15) is 0 Å². The minimum absolute atomic E-state index is 0.394. The third-order valence-electron chi connectivity index (χ3n) is 4.97. The van der Waals surface area contributed by atoms with Crippen LogP contribution in [0.5, 0.6) is 0 Å². The van der Waals surface area contributed by atoms with E-state index in [4.69, 9.17) is 4.84 Å². The Hall–Kier alpha value is -3.79. The highest BCUT2D eigenvalue weighted by molar-refractivity contribution is 6.03. The predicted molar refractivity (Wildman–Crippen MR) is 111 cm³/mol. The summed E-state index contributed by atoms with van der Waals surface area (Å²) in [6.07, 6.45) is -0.795. The standard InChI is InChI=1S/C24H18N2O2/c27-24-25(22-17-9-13-18-10-7-8-16-21(18)22)23(19-11-3-1-4-12-19)26(28-24)20-14-5-2-6-15-20/h1-17,23H/t23-/m1/s1. The largest absolute Gasteiger partial charge is 0.441 e. The maximum Gasteiger partial charge on any atom is 0.441 e. The molecule has 28 heavy (non-hydrogen) atoms. The van der Waals surface area contributed by atoms with Crippen LogP contribution in [0.2, 0.25) is 0 Å². The molecule has 4 heteroatoms. The average molecular weight is 366 g/mol. The lowest BCUT2D eigenvalue weighted by molar-refractivity contribution is 0.164. The zero-order valence-corrected chi connectivity index (χ0v) is 15.1. The molecule has 1 fully saturated rings. The van der Waals surface area contributed by atoms with E-state index < -0.39 is 12.3 Å². The highest BCUT2D eigenvalue weighted by atomic mass is 16.7. The number of anilines is 2. The van der Waals surface area contributed by atoms with Crippen LogP contribution in [-0.2, 0) is 4.84 Å². The van der Waals surface area contributed by atoms with Crippen molar-refractivity contribution < 1.29 is 9.63 Å². The van der Waals surface area contributed by atoms with E-state index in [1.165, 1.54) is 0 Å². The number of para-hydroxylation sites is 1. The summed E-state index contributed by atoms with van der Waals surface area (Å²) in [5.74, 6) is 0. The van der Waals surface area contributed by atoms with Crippen LogP contribution in [0.1, 0.15) is 11.7 Å². The van der Waals surface area contributed by atoms with Crippen molar-refractivity contribution in [3.8, 4) is 0 Å². The zero-order valence-electron chi connectivity index (χ0n) is 15.1. The minimum Gasteiger partial charge on any atom is -0.319 e. The molecule has 0 saturated carbocycles. The van der Waals surface area contributed by atoms with Crippen molar-refractivity contribution in [1.29, 1.82) is 0 Å². The first-order valence-electron chi connectivity index (χ1n) is 9.21. The number of amides is 1. The van der Waals surface area contributed by atoms with E-state index in [2.05, 4.69) is 0 Å². The van der Waals surface area contributed by atoms with Crippen LogP contribution in [-0.4, -0.2) is 6.09 Å². The molecule has 0 aliphatic carbocycles. The topological polar surface area (TPSA) is 32.8 Å². The first kappa shape index (κ1) is 16.4. The highest BCUT2D eigenvalue weighted by Crippen LogP contribution is 2.41. The quantitative estimate of drug-likeness (QED) is 0.451. The van der Waals surface area contributed by atoms with Gasteiger partial charge in [-0.3, -0.25) is 0 Å². The fourth-order valence-corrected chi connectivity index (χ4v) is 3.71. The van der Waals surface area contributed by atoms with Crippen LogP contribution < -0.4 is 9.96 Å². The molecule has 1 atom stereocenters. The van der Waals surface area contributed by atoms with Gasteiger partial charge in [0.15, 0.2) is 6.17 Å². The van der Waals surface area contributed by atoms with Gasteiger partial charge >= 0.3 is 6.09 Å². The van der Waals surface area contributed by atoms with Gasteiger partial charge in [0, 0.05) is 5.39 Å². The Kier molecular flexibility index (Phi) is 3.95. The Bertz CT molecular complexity index is 1120. The van der Waals surface area contributed by atoms with Crippen LogP contribution >= 0.6 is 0 Å². The highest BCUT2D eigenvalue weighted by Gasteiger charge is 2.43. The molecule has 0 bridgehead atoms. The molecule has 136 valence electrons. The Labute approximate surface area is 163 Å². The fraction of sp³-hybridized carbons (Fsp3) is 0.0417. The number of nitrogens with zero attached hydrogens (tertiary/aromatic N) is 2. The van der Waals surface area contributed by atoms with Gasteiger partial charge in [0.05, 0.1) is 11.4 Å². The molecular formula is C24H18N2O2. The molecule has 4 aromatic rings. The van der Waals surface area contributed by atoms with Crippen LogP contribution in [0, 0.1) is 0 Å². The molecule has 0 aromatic heterocycles. The lowest BCUT2D eigenvalue weighted by Crippen LogP contribution is -2.31.